The minimum atomic E-state index is -0.287. The van der Waals surface area contributed by atoms with Gasteiger partial charge >= 0.3 is 0 Å². The molecular formula is C19H28N4O2. The van der Waals surface area contributed by atoms with Gasteiger partial charge in [-0.25, -0.2) is 0 Å². The molecule has 2 unspecified atom stereocenters. The Morgan fingerprint density at radius 3 is 2.96 bits per heavy atom. The molecule has 2 amide bonds. The highest BCUT2D eigenvalue weighted by Crippen LogP contribution is 2.25. The number of likely N-dealkylation sites (tertiary alicyclic amines) is 2. The molecule has 0 spiro atoms. The van der Waals surface area contributed by atoms with Crippen molar-refractivity contribution in [2.75, 3.05) is 37.2 Å². The van der Waals surface area contributed by atoms with E-state index in [-0.39, 0.29) is 17.7 Å². The highest BCUT2D eigenvalue weighted by molar-refractivity contribution is 5.98. The molecule has 3 rings (SSSR count). The van der Waals surface area contributed by atoms with Crippen molar-refractivity contribution >= 4 is 23.2 Å². The van der Waals surface area contributed by atoms with Gasteiger partial charge in [0.1, 0.15) is 0 Å². The largest absolute Gasteiger partial charge is 0.399 e. The summed E-state index contributed by atoms with van der Waals surface area (Å²) in [6.07, 6.45) is 2.63. The smallest absolute Gasteiger partial charge is 0.229 e. The van der Waals surface area contributed by atoms with Gasteiger partial charge in [-0.05, 0) is 50.6 Å². The molecule has 0 aromatic heterocycles. The summed E-state index contributed by atoms with van der Waals surface area (Å²) in [5.41, 5.74) is 8.11. The van der Waals surface area contributed by atoms with Crippen LogP contribution in [0.2, 0.25) is 0 Å². The third-order valence-electron chi connectivity index (χ3n) is 5.44. The maximum atomic E-state index is 12.6. The first kappa shape index (κ1) is 17.7. The number of carbonyl (C=O) groups is 2. The molecule has 1 aromatic carbocycles. The summed E-state index contributed by atoms with van der Waals surface area (Å²) in [7, 11) is 0. The molecule has 6 heteroatoms. The van der Waals surface area contributed by atoms with Gasteiger partial charge in [-0.2, -0.15) is 0 Å². The van der Waals surface area contributed by atoms with Crippen LogP contribution in [0.1, 0.15) is 31.7 Å². The first-order valence-corrected chi connectivity index (χ1v) is 9.16. The van der Waals surface area contributed by atoms with Crippen molar-refractivity contribution in [3.05, 3.63) is 23.8 Å². The van der Waals surface area contributed by atoms with Gasteiger partial charge in [0.2, 0.25) is 11.8 Å². The Morgan fingerprint density at radius 1 is 1.40 bits per heavy atom. The van der Waals surface area contributed by atoms with Crippen molar-refractivity contribution < 1.29 is 9.59 Å². The summed E-state index contributed by atoms with van der Waals surface area (Å²) < 4.78 is 0. The molecule has 3 N–H and O–H groups in total. The SMILES string of the molecule is CCN1CCCC1CN1CC(C(=O)Nc2cc(N)ccc2C)CC1=O. The van der Waals surface area contributed by atoms with E-state index in [1.54, 1.807) is 6.07 Å². The van der Waals surface area contributed by atoms with Crippen LogP contribution in [0.25, 0.3) is 0 Å². The number of nitrogens with two attached hydrogens (primary N) is 1. The van der Waals surface area contributed by atoms with Gasteiger partial charge in [0, 0.05) is 36.9 Å². The highest BCUT2D eigenvalue weighted by Gasteiger charge is 2.37. The number of hydrogen-bond acceptors (Lipinski definition) is 4. The minimum absolute atomic E-state index is 0.0902. The van der Waals surface area contributed by atoms with Gasteiger partial charge in [-0.1, -0.05) is 13.0 Å². The van der Waals surface area contributed by atoms with Crippen molar-refractivity contribution in [3.8, 4) is 0 Å². The number of carbonyl (C=O) groups excluding carboxylic acids is 2. The Labute approximate surface area is 149 Å². The Kier molecular flexibility index (Phi) is 5.27. The number of anilines is 2. The average Bonchev–Trinajstić information content (AvgIpc) is 3.18. The quantitative estimate of drug-likeness (QED) is 0.799. The summed E-state index contributed by atoms with van der Waals surface area (Å²) >= 11 is 0. The number of nitrogen functional groups attached to an aromatic ring is 1. The molecule has 2 atom stereocenters. The van der Waals surface area contributed by atoms with E-state index in [1.807, 2.05) is 24.0 Å². The summed E-state index contributed by atoms with van der Waals surface area (Å²) in [6.45, 7) is 7.48. The molecule has 1 aromatic rings. The molecule has 25 heavy (non-hydrogen) atoms. The van der Waals surface area contributed by atoms with Gasteiger partial charge in [0.15, 0.2) is 0 Å². The Morgan fingerprint density at radius 2 is 2.20 bits per heavy atom. The molecule has 0 radical (unpaired) electrons. The highest BCUT2D eigenvalue weighted by atomic mass is 16.2. The molecule has 0 saturated carbocycles. The molecule has 6 nitrogen and oxygen atoms in total. The predicted octanol–water partition coefficient (Wildman–Crippen LogP) is 1.85. The van der Waals surface area contributed by atoms with Crippen LogP contribution in [0.5, 0.6) is 0 Å². The van der Waals surface area contributed by atoms with Crippen LogP contribution in [-0.2, 0) is 9.59 Å². The second-order valence-electron chi connectivity index (χ2n) is 7.19. The van der Waals surface area contributed by atoms with Crippen LogP contribution < -0.4 is 11.1 Å². The number of nitrogens with zero attached hydrogens (tertiary/aromatic N) is 2. The van der Waals surface area contributed by atoms with Crippen molar-refractivity contribution in [2.24, 2.45) is 5.92 Å². The maximum Gasteiger partial charge on any atom is 0.229 e. The van der Waals surface area contributed by atoms with Gasteiger partial charge in [-0.15, -0.1) is 0 Å². The third kappa shape index (κ3) is 3.95. The normalized spacial score (nSPS) is 24.1. The molecule has 2 aliphatic rings. The van der Waals surface area contributed by atoms with Crippen molar-refractivity contribution in [2.45, 2.75) is 39.2 Å². The van der Waals surface area contributed by atoms with E-state index in [1.165, 1.54) is 6.42 Å². The first-order valence-electron chi connectivity index (χ1n) is 9.16. The number of rotatable bonds is 5. The summed E-state index contributed by atoms with van der Waals surface area (Å²) in [4.78, 5) is 29.2. The van der Waals surface area contributed by atoms with Gasteiger partial charge in [-0.3, -0.25) is 14.5 Å². The fraction of sp³-hybridized carbons (Fsp3) is 0.579. The molecule has 2 heterocycles. The van der Waals surface area contributed by atoms with Crippen LogP contribution in [-0.4, -0.2) is 53.8 Å². The van der Waals surface area contributed by atoms with Gasteiger partial charge in [0.25, 0.3) is 0 Å². The summed E-state index contributed by atoms with van der Waals surface area (Å²) in [6, 6.07) is 5.90. The number of nitrogens with one attached hydrogen (secondary N) is 1. The van der Waals surface area contributed by atoms with Crippen LogP contribution in [0.4, 0.5) is 11.4 Å². The number of hydrogen-bond donors (Lipinski definition) is 2. The lowest BCUT2D eigenvalue weighted by Gasteiger charge is -2.27. The van der Waals surface area contributed by atoms with E-state index in [2.05, 4.69) is 17.1 Å². The van der Waals surface area contributed by atoms with Crippen LogP contribution in [0, 0.1) is 12.8 Å². The maximum absolute atomic E-state index is 12.6. The summed E-state index contributed by atoms with van der Waals surface area (Å²) in [5.74, 6) is -0.291. The zero-order valence-corrected chi connectivity index (χ0v) is 15.1. The van der Waals surface area contributed by atoms with Crippen molar-refractivity contribution in [1.82, 2.24) is 9.80 Å². The van der Waals surface area contributed by atoms with E-state index in [4.69, 9.17) is 5.73 Å². The second kappa shape index (κ2) is 7.44. The van der Waals surface area contributed by atoms with Crippen molar-refractivity contribution in [1.29, 1.82) is 0 Å². The fourth-order valence-electron chi connectivity index (χ4n) is 3.91. The van der Waals surface area contributed by atoms with E-state index in [0.29, 0.717) is 24.7 Å². The van der Waals surface area contributed by atoms with E-state index >= 15 is 0 Å². The lowest BCUT2D eigenvalue weighted by Crippen LogP contribution is -2.41. The van der Waals surface area contributed by atoms with Crippen molar-refractivity contribution in [3.63, 3.8) is 0 Å². The van der Waals surface area contributed by atoms with E-state index in [9.17, 15) is 9.59 Å². The number of likely N-dealkylation sites (N-methyl/N-ethyl adjacent to an activating group) is 1. The lowest BCUT2D eigenvalue weighted by atomic mass is 10.1. The number of aryl methyl sites for hydroxylation is 1. The van der Waals surface area contributed by atoms with Crippen LogP contribution >= 0.6 is 0 Å². The predicted molar refractivity (Wildman–Crippen MR) is 99.2 cm³/mol. The molecule has 2 saturated heterocycles. The Balaban J connectivity index is 1.60. The molecule has 2 fully saturated rings. The van der Waals surface area contributed by atoms with E-state index in [0.717, 1.165) is 37.3 Å². The monoisotopic (exact) mass is 344 g/mol. The molecule has 0 aliphatic carbocycles. The zero-order chi connectivity index (χ0) is 18.0. The molecule has 0 bridgehead atoms. The number of benzene rings is 1. The van der Waals surface area contributed by atoms with Crippen LogP contribution in [0.15, 0.2) is 18.2 Å². The molecular weight excluding hydrogens is 316 g/mol. The number of amides is 2. The third-order valence-corrected chi connectivity index (χ3v) is 5.44. The molecule has 2 aliphatic heterocycles. The van der Waals surface area contributed by atoms with E-state index < -0.39 is 0 Å². The topological polar surface area (TPSA) is 78.7 Å². The first-order chi connectivity index (χ1) is 12.0. The Hall–Kier alpha value is -2.08. The lowest BCUT2D eigenvalue weighted by molar-refractivity contribution is -0.128. The minimum Gasteiger partial charge on any atom is -0.399 e. The van der Waals surface area contributed by atoms with Gasteiger partial charge < -0.3 is 16.0 Å². The summed E-state index contributed by atoms with van der Waals surface area (Å²) in [5, 5.41) is 2.94. The Bertz CT molecular complexity index is 661. The second-order valence-corrected chi connectivity index (χ2v) is 7.19. The standard InChI is InChI=1S/C19H28N4O2/c1-3-22-8-4-5-16(22)12-23-11-14(9-18(23)24)19(25)21-17-10-15(20)7-6-13(17)2/h6-7,10,14,16H,3-5,8-9,11-12,20H2,1-2H3,(H,21,25). The van der Waals surface area contributed by atoms with Gasteiger partial charge in [0.05, 0.1) is 5.92 Å². The fourth-order valence-corrected chi connectivity index (χ4v) is 3.91. The molecule has 136 valence electrons. The zero-order valence-electron chi connectivity index (χ0n) is 15.1. The van der Waals surface area contributed by atoms with Crippen LogP contribution in [0.3, 0.4) is 0 Å². The average molecular weight is 344 g/mol.